The quantitative estimate of drug-likeness (QED) is 0.803. The Balaban J connectivity index is 2.34. The van der Waals surface area contributed by atoms with Crippen LogP contribution in [0.5, 0.6) is 5.75 Å². The molecule has 1 aromatic carbocycles. The molecular weight excluding hydrogens is 243 g/mol. The molecule has 1 aromatic rings. The molecule has 0 radical (unpaired) electrons. The molecule has 2 rings (SSSR count). The van der Waals surface area contributed by atoms with Crippen LogP contribution >= 0.6 is 0 Å². The first-order chi connectivity index (χ1) is 8.50. The highest BCUT2D eigenvalue weighted by Crippen LogP contribution is 2.35. The van der Waals surface area contributed by atoms with E-state index in [1.165, 1.54) is 13.2 Å². The lowest BCUT2D eigenvalue weighted by molar-refractivity contribution is -0.137. The van der Waals surface area contributed by atoms with Crippen molar-refractivity contribution in [2.24, 2.45) is 0 Å². The molecule has 1 aliphatic rings. The van der Waals surface area contributed by atoms with Crippen molar-refractivity contribution in [2.75, 3.05) is 25.1 Å². The van der Waals surface area contributed by atoms with Crippen molar-refractivity contribution in [2.45, 2.75) is 25.4 Å². The second-order valence-corrected chi connectivity index (χ2v) is 4.47. The summed E-state index contributed by atoms with van der Waals surface area (Å²) in [4.78, 5) is 1.99. The van der Waals surface area contributed by atoms with E-state index in [2.05, 4.69) is 0 Å². The number of benzene rings is 1. The van der Waals surface area contributed by atoms with E-state index in [1.807, 2.05) is 4.90 Å². The molecule has 0 aromatic heterocycles. The van der Waals surface area contributed by atoms with Crippen LogP contribution in [0.2, 0.25) is 0 Å². The van der Waals surface area contributed by atoms with E-state index < -0.39 is 11.7 Å². The minimum atomic E-state index is -4.33. The van der Waals surface area contributed by atoms with E-state index in [0.29, 0.717) is 5.69 Å². The van der Waals surface area contributed by atoms with Gasteiger partial charge in [-0.25, -0.2) is 0 Å². The maximum absolute atomic E-state index is 12.8. The molecule has 0 atom stereocenters. The predicted octanol–water partition coefficient (Wildman–Crippen LogP) is 3.70. The summed E-state index contributed by atoms with van der Waals surface area (Å²) in [6.07, 6.45) is -1.14. The number of alkyl halides is 3. The highest BCUT2D eigenvalue weighted by molar-refractivity contribution is 5.54. The van der Waals surface area contributed by atoms with Gasteiger partial charge in [0.2, 0.25) is 0 Å². The molecule has 1 fully saturated rings. The van der Waals surface area contributed by atoms with Crippen molar-refractivity contribution in [3.63, 3.8) is 0 Å². The molecule has 18 heavy (non-hydrogen) atoms. The largest absolute Gasteiger partial charge is 0.497 e. The molecule has 0 saturated carbocycles. The van der Waals surface area contributed by atoms with Crippen LogP contribution in [-0.4, -0.2) is 20.2 Å². The van der Waals surface area contributed by atoms with Crippen LogP contribution < -0.4 is 9.64 Å². The van der Waals surface area contributed by atoms with Crippen molar-refractivity contribution in [3.05, 3.63) is 23.8 Å². The molecule has 0 aliphatic carbocycles. The van der Waals surface area contributed by atoms with E-state index in [-0.39, 0.29) is 5.75 Å². The average Bonchev–Trinajstić information content (AvgIpc) is 2.38. The van der Waals surface area contributed by atoms with Gasteiger partial charge in [0.25, 0.3) is 0 Å². The van der Waals surface area contributed by atoms with Crippen molar-refractivity contribution in [3.8, 4) is 5.75 Å². The fourth-order valence-corrected chi connectivity index (χ4v) is 2.20. The molecule has 0 N–H and O–H groups in total. The second kappa shape index (κ2) is 5.08. The van der Waals surface area contributed by atoms with Crippen LogP contribution in [-0.2, 0) is 6.18 Å². The predicted molar refractivity (Wildman–Crippen MR) is 64.1 cm³/mol. The Morgan fingerprint density at radius 2 is 1.72 bits per heavy atom. The maximum Gasteiger partial charge on any atom is 0.416 e. The van der Waals surface area contributed by atoms with Crippen LogP contribution in [0.15, 0.2) is 18.2 Å². The first-order valence-electron chi connectivity index (χ1n) is 6.02. The van der Waals surface area contributed by atoms with Crippen molar-refractivity contribution in [1.82, 2.24) is 0 Å². The molecule has 0 amide bonds. The number of piperidine rings is 1. The molecule has 1 aliphatic heterocycles. The van der Waals surface area contributed by atoms with Crippen molar-refractivity contribution in [1.29, 1.82) is 0 Å². The summed E-state index contributed by atoms with van der Waals surface area (Å²) < 4.78 is 43.3. The first kappa shape index (κ1) is 13.1. The third kappa shape index (κ3) is 2.89. The van der Waals surface area contributed by atoms with Gasteiger partial charge in [0.05, 0.1) is 12.7 Å². The molecule has 0 bridgehead atoms. The van der Waals surface area contributed by atoms with Gasteiger partial charge in [-0.05, 0) is 31.4 Å². The van der Waals surface area contributed by atoms with Crippen LogP contribution in [0, 0.1) is 0 Å². The van der Waals surface area contributed by atoms with E-state index in [1.54, 1.807) is 6.07 Å². The molecule has 1 heterocycles. The summed E-state index contributed by atoms with van der Waals surface area (Å²) in [7, 11) is 1.38. The Morgan fingerprint density at radius 3 is 2.28 bits per heavy atom. The Morgan fingerprint density at radius 1 is 1.06 bits per heavy atom. The van der Waals surface area contributed by atoms with Gasteiger partial charge in [-0.1, -0.05) is 0 Å². The van der Waals surface area contributed by atoms with Gasteiger partial charge in [-0.2, -0.15) is 13.2 Å². The van der Waals surface area contributed by atoms with Gasteiger partial charge in [0.15, 0.2) is 0 Å². The van der Waals surface area contributed by atoms with Gasteiger partial charge in [0, 0.05) is 24.8 Å². The number of rotatable bonds is 2. The topological polar surface area (TPSA) is 12.5 Å². The Labute approximate surface area is 104 Å². The number of hydrogen-bond acceptors (Lipinski definition) is 2. The van der Waals surface area contributed by atoms with Gasteiger partial charge < -0.3 is 9.64 Å². The Hall–Kier alpha value is -1.39. The minimum Gasteiger partial charge on any atom is -0.497 e. The number of ether oxygens (including phenoxy) is 1. The SMILES string of the molecule is COc1cc(N2CCCCC2)cc(C(F)(F)F)c1. The van der Waals surface area contributed by atoms with Gasteiger partial charge in [-0.3, -0.25) is 0 Å². The summed E-state index contributed by atoms with van der Waals surface area (Å²) in [5.41, 5.74) is -0.0520. The van der Waals surface area contributed by atoms with Gasteiger partial charge in [0.1, 0.15) is 5.75 Å². The monoisotopic (exact) mass is 259 g/mol. The molecule has 1 saturated heterocycles. The van der Waals surface area contributed by atoms with E-state index in [9.17, 15) is 13.2 Å². The summed E-state index contributed by atoms with van der Waals surface area (Å²) >= 11 is 0. The molecule has 0 unspecified atom stereocenters. The Bertz CT molecular complexity index is 411. The zero-order valence-corrected chi connectivity index (χ0v) is 10.3. The number of methoxy groups -OCH3 is 1. The highest BCUT2D eigenvalue weighted by atomic mass is 19.4. The summed E-state index contributed by atoms with van der Waals surface area (Å²) in [5.74, 6) is 0.255. The standard InChI is InChI=1S/C13H16F3NO/c1-18-12-8-10(13(14,15)16)7-11(9-12)17-5-3-2-4-6-17/h7-9H,2-6H2,1H3. The molecule has 100 valence electrons. The van der Waals surface area contributed by atoms with Gasteiger partial charge in [-0.15, -0.1) is 0 Å². The lowest BCUT2D eigenvalue weighted by atomic mass is 10.1. The molecular formula is C13H16F3NO. The van der Waals surface area contributed by atoms with Gasteiger partial charge >= 0.3 is 6.18 Å². The lowest BCUT2D eigenvalue weighted by Crippen LogP contribution is -2.29. The molecule has 2 nitrogen and oxygen atoms in total. The number of halogens is 3. The molecule has 0 spiro atoms. The maximum atomic E-state index is 12.8. The third-order valence-corrected chi connectivity index (χ3v) is 3.18. The van der Waals surface area contributed by atoms with E-state index in [0.717, 1.165) is 38.4 Å². The first-order valence-corrected chi connectivity index (χ1v) is 6.02. The fraction of sp³-hybridized carbons (Fsp3) is 0.538. The second-order valence-electron chi connectivity index (χ2n) is 4.47. The third-order valence-electron chi connectivity index (χ3n) is 3.18. The smallest absolute Gasteiger partial charge is 0.416 e. The minimum absolute atomic E-state index is 0.255. The van der Waals surface area contributed by atoms with Crippen LogP contribution in [0.25, 0.3) is 0 Å². The highest BCUT2D eigenvalue weighted by Gasteiger charge is 2.32. The Kier molecular flexibility index (Phi) is 3.68. The normalized spacial score (nSPS) is 16.8. The van der Waals surface area contributed by atoms with E-state index >= 15 is 0 Å². The zero-order chi connectivity index (χ0) is 13.2. The zero-order valence-electron chi connectivity index (χ0n) is 10.3. The number of anilines is 1. The summed E-state index contributed by atoms with van der Waals surface area (Å²) in [5, 5.41) is 0. The fourth-order valence-electron chi connectivity index (χ4n) is 2.20. The van der Waals surface area contributed by atoms with Crippen LogP contribution in [0.3, 0.4) is 0 Å². The summed E-state index contributed by atoms with van der Waals surface area (Å²) in [6.45, 7) is 1.62. The van der Waals surface area contributed by atoms with Crippen LogP contribution in [0.4, 0.5) is 18.9 Å². The van der Waals surface area contributed by atoms with Crippen molar-refractivity contribution >= 4 is 5.69 Å². The van der Waals surface area contributed by atoms with Crippen LogP contribution in [0.1, 0.15) is 24.8 Å². The average molecular weight is 259 g/mol. The summed E-state index contributed by atoms with van der Waals surface area (Å²) in [6, 6.07) is 3.90. The van der Waals surface area contributed by atoms with E-state index in [4.69, 9.17) is 4.74 Å². The number of nitrogens with zero attached hydrogens (tertiary/aromatic N) is 1. The van der Waals surface area contributed by atoms with Crippen molar-refractivity contribution < 1.29 is 17.9 Å². The number of hydrogen-bond donors (Lipinski definition) is 0. The molecule has 5 heteroatoms. The lowest BCUT2D eigenvalue weighted by Gasteiger charge is -2.29.